The van der Waals surface area contributed by atoms with E-state index in [0.29, 0.717) is 18.2 Å². The molecule has 6 nitrogen and oxygen atoms in total. The Hall–Kier alpha value is -2.93. The average Bonchev–Trinajstić information content (AvgIpc) is 3.13. The molecule has 2 aromatic heterocycles. The van der Waals surface area contributed by atoms with Crippen molar-refractivity contribution in [2.75, 3.05) is 18.4 Å². The van der Waals surface area contributed by atoms with E-state index in [1.807, 2.05) is 35.2 Å². The van der Waals surface area contributed by atoms with Crippen molar-refractivity contribution in [1.82, 2.24) is 19.9 Å². The summed E-state index contributed by atoms with van der Waals surface area (Å²) in [6.07, 6.45) is 3.79. The number of halogens is 2. The van der Waals surface area contributed by atoms with Gasteiger partial charge in [0.05, 0.1) is 10.6 Å². The number of aryl methyl sites for hydroxylation is 1. The molecule has 8 heteroatoms. The summed E-state index contributed by atoms with van der Waals surface area (Å²) in [6.45, 7) is 2.50. The van der Waals surface area contributed by atoms with Crippen LogP contribution in [0.2, 0.25) is 5.02 Å². The van der Waals surface area contributed by atoms with Gasteiger partial charge < -0.3 is 15.2 Å². The third kappa shape index (κ3) is 4.18. The number of nitrogens with zero attached hydrogens (tertiary/aromatic N) is 3. The van der Waals surface area contributed by atoms with Gasteiger partial charge in [-0.1, -0.05) is 17.7 Å². The molecule has 0 saturated heterocycles. The molecular weight excluding hydrogens is 357 g/mol. The van der Waals surface area contributed by atoms with Gasteiger partial charge in [0, 0.05) is 31.5 Å². The highest BCUT2D eigenvalue weighted by molar-refractivity contribution is 6.33. The van der Waals surface area contributed by atoms with Crippen molar-refractivity contribution >= 4 is 23.3 Å². The highest BCUT2D eigenvalue weighted by atomic mass is 35.5. The van der Waals surface area contributed by atoms with Gasteiger partial charge in [0.15, 0.2) is 0 Å². The molecule has 26 heavy (non-hydrogen) atoms. The zero-order valence-electron chi connectivity index (χ0n) is 14.0. The normalized spacial score (nSPS) is 10.6. The second-order valence-electron chi connectivity index (χ2n) is 5.53. The Labute approximate surface area is 155 Å². The summed E-state index contributed by atoms with van der Waals surface area (Å²) in [5.74, 6) is 0.806. The van der Waals surface area contributed by atoms with Gasteiger partial charge in [-0.3, -0.25) is 4.79 Å². The topological polar surface area (TPSA) is 71.8 Å². The molecular formula is C18H17ClFN5O. The first-order valence-corrected chi connectivity index (χ1v) is 8.37. The predicted molar refractivity (Wildman–Crippen MR) is 98.3 cm³/mol. The first kappa shape index (κ1) is 17.9. The van der Waals surface area contributed by atoms with Crippen LogP contribution in [-0.2, 0) is 0 Å². The van der Waals surface area contributed by atoms with Crippen LogP contribution in [0.3, 0.4) is 0 Å². The Morgan fingerprint density at radius 1 is 1.19 bits per heavy atom. The second-order valence-corrected chi connectivity index (χ2v) is 5.94. The Kier molecular flexibility index (Phi) is 5.48. The molecule has 0 spiro atoms. The van der Waals surface area contributed by atoms with Gasteiger partial charge in [0.2, 0.25) is 0 Å². The zero-order valence-corrected chi connectivity index (χ0v) is 14.8. The lowest BCUT2D eigenvalue weighted by Gasteiger charge is -2.11. The Balaban J connectivity index is 1.58. The van der Waals surface area contributed by atoms with Crippen molar-refractivity contribution in [2.24, 2.45) is 0 Å². The van der Waals surface area contributed by atoms with Crippen LogP contribution in [0.15, 0.2) is 48.8 Å². The maximum absolute atomic E-state index is 13.7. The van der Waals surface area contributed by atoms with E-state index < -0.39 is 11.7 Å². The van der Waals surface area contributed by atoms with Crippen LogP contribution in [-0.4, -0.2) is 33.5 Å². The number of amides is 1. The molecule has 0 radical (unpaired) electrons. The van der Waals surface area contributed by atoms with E-state index >= 15 is 0 Å². The van der Waals surface area contributed by atoms with Crippen LogP contribution in [0.1, 0.15) is 16.2 Å². The molecule has 0 aliphatic heterocycles. The summed E-state index contributed by atoms with van der Waals surface area (Å²) < 4.78 is 15.6. The minimum Gasteiger partial charge on any atom is -0.368 e. The molecule has 0 aliphatic carbocycles. The van der Waals surface area contributed by atoms with Crippen molar-refractivity contribution in [3.63, 3.8) is 0 Å². The predicted octanol–water partition coefficient (Wildman–Crippen LogP) is 3.21. The second kappa shape index (κ2) is 7.97. The van der Waals surface area contributed by atoms with Crippen LogP contribution in [0.4, 0.5) is 10.2 Å². The van der Waals surface area contributed by atoms with Gasteiger partial charge in [-0.2, -0.15) is 0 Å². The van der Waals surface area contributed by atoms with Gasteiger partial charge in [0.1, 0.15) is 23.3 Å². The minimum atomic E-state index is -0.647. The van der Waals surface area contributed by atoms with Crippen LogP contribution >= 0.6 is 11.6 Å². The average molecular weight is 374 g/mol. The molecule has 0 aliphatic rings. The molecule has 1 aromatic carbocycles. The number of nitrogens with one attached hydrogen (secondary N) is 2. The summed E-state index contributed by atoms with van der Waals surface area (Å²) in [7, 11) is 0. The first-order valence-electron chi connectivity index (χ1n) is 7.99. The molecule has 2 heterocycles. The zero-order chi connectivity index (χ0) is 18.5. The Morgan fingerprint density at radius 3 is 2.69 bits per heavy atom. The molecule has 2 N–H and O–H groups in total. The van der Waals surface area contributed by atoms with Crippen LogP contribution in [0.25, 0.3) is 5.82 Å². The maximum Gasteiger partial charge on any atom is 0.255 e. The van der Waals surface area contributed by atoms with Gasteiger partial charge in [-0.25, -0.2) is 14.4 Å². The lowest BCUT2D eigenvalue weighted by molar-refractivity contribution is 0.0951. The molecule has 0 unspecified atom stereocenters. The van der Waals surface area contributed by atoms with Crippen molar-refractivity contribution in [3.8, 4) is 5.82 Å². The van der Waals surface area contributed by atoms with Gasteiger partial charge in [-0.15, -0.1) is 0 Å². The highest BCUT2D eigenvalue weighted by Crippen LogP contribution is 2.18. The SMILES string of the molecule is Cc1nc(NCCNC(=O)c2c(F)cccc2Cl)cc(-n2cccc2)n1. The maximum atomic E-state index is 13.7. The summed E-state index contributed by atoms with van der Waals surface area (Å²) in [6, 6.07) is 9.76. The van der Waals surface area contributed by atoms with Crippen molar-refractivity contribution in [2.45, 2.75) is 6.92 Å². The van der Waals surface area contributed by atoms with Crippen molar-refractivity contribution in [3.05, 3.63) is 71.0 Å². The largest absolute Gasteiger partial charge is 0.368 e. The molecule has 134 valence electrons. The first-order chi connectivity index (χ1) is 12.5. The number of rotatable bonds is 6. The number of carbonyl (C=O) groups excluding carboxylic acids is 1. The molecule has 0 fully saturated rings. The fourth-order valence-corrected chi connectivity index (χ4v) is 2.68. The molecule has 3 rings (SSSR count). The molecule has 0 bridgehead atoms. The van der Waals surface area contributed by atoms with Gasteiger partial charge in [0.25, 0.3) is 5.91 Å². The van der Waals surface area contributed by atoms with Crippen molar-refractivity contribution < 1.29 is 9.18 Å². The third-order valence-corrected chi connectivity index (χ3v) is 3.91. The monoisotopic (exact) mass is 373 g/mol. The third-order valence-electron chi connectivity index (χ3n) is 3.60. The molecule has 1 amide bonds. The Morgan fingerprint density at radius 2 is 1.96 bits per heavy atom. The van der Waals surface area contributed by atoms with Crippen LogP contribution in [0, 0.1) is 12.7 Å². The number of hydrogen-bond acceptors (Lipinski definition) is 4. The van der Waals surface area contributed by atoms with E-state index in [1.54, 1.807) is 6.92 Å². The smallest absolute Gasteiger partial charge is 0.255 e. The number of anilines is 1. The summed E-state index contributed by atoms with van der Waals surface area (Å²) in [4.78, 5) is 20.8. The fraction of sp³-hybridized carbons (Fsp3) is 0.167. The van der Waals surface area contributed by atoms with Gasteiger partial charge in [-0.05, 0) is 31.2 Å². The van der Waals surface area contributed by atoms with Crippen LogP contribution in [0.5, 0.6) is 0 Å². The van der Waals surface area contributed by atoms with E-state index in [1.165, 1.54) is 18.2 Å². The summed E-state index contributed by atoms with van der Waals surface area (Å²) >= 11 is 5.88. The van der Waals surface area contributed by atoms with Crippen LogP contribution < -0.4 is 10.6 Å². The van der Waals surface area contributed by atoms with E-state index in [-0.39, 0.29) is 17.1 Å². The van der Waals surface area contributed by atoms with E-state index in [2.05, 4.69) is 20.6 Å². The lowest BCUT2D eigenvalue weighted by Crippen LogP contribution is -2.29. The van der Waals surface area contributed by atoms with E-state index in [9.17, 15) is 9.18 Å². The van der Waals surface area contributed by atoms with Gasteiger partial charge >= 0.3 is 0 Å². The van der Waals surface area contributed by atoms with Crippen molar-refractivity contribution in [1.29, 1.82) is 0 Å². The highest BCUT2D eigenvalue weighted by Gasteiger charge is 2.14. The standard InChI is InChI=1S/C18H17ClFN5O/c1-12-23-15(11-16(24-12)25-9-2-3-10-25)21-7-8-22-18(26)17-13(19)5-4-6-14(17)20/h2-6,9-11H,7-8H2,1H3,(H,22,26)(H,21,23,24). The lowest BCUT2D eigenvalue weighted by atomic mass is 10.2. The van der Waals surface area contributed by atoms with E-state index in [0.717, 1.165) is 5.82 Å². The summed E-state index contributed by atoms with van der Waals surface area (Å²) in [5.41, 5.74) is -0.151. The fourth-order valence-electron chi connectivity index (χ4n) is 2.43. The molecule has 0 saturated carbocycles. The molecule has 3 aromatic rings. The number of carbonyl (C=O) groups is 1. The summed E-state index contributed by atoms with van der Waals surface area (Å²) in [5, 5.41) is 5.83. The number of hydrogen-bond donors (Lipinski definition) is 2. The minimum absolute atomic E-state index is 0.0817. The number of aromatic nitrogens is 3. The molecule has 0 atom stereocenters. The number of benzene rings is 1. The van der Waals surface area contributed by atoms with E-state index in [4.69, 9.17) is 11.6 Å². The quantitative estimate of drug-likeness (QED) is 0.651. The Bertz CT molecular complexity index is 894.